The van der Waals surface area contributed by atoms with Gasteiger partial charge >= 0.3 is 5.97 Å². The second-order valence-electron chi connectivity index (χ2n) is 4.01. The molecule has 0 aliphatic heterocycles. The van der Waals surface area contributed by atoms with Crippen molar-refractivity contribution in [2.24, 2.45) is 0 Å². The van der Waals surface area contributed by atoms with Crippen molar-refractivity contribution in [2.45, 2.75) is 6.61 Å². The maximum atomic E-state index is 13.0. The smallest absolute Gasteiger partial charge is 0.339 e. The number of carbonyl (C=O) groups is 1. The van der Waals surface area contributed by atoms with Crippen LogP contribution in [0.1, 0.15) is 15.9 Å². The Hall–Kier alpha value is -1.95. The summed E-state index contributed by atoms with van der Waals surface area (Å²) in [6.45, 7) is -0.128. The molecule has 6 heteroatoms. The van der Waals surface area contributed by atoms with E-state index in [0.29, 0.717) is 4.47 Å². The van der Waals surface area contributed by atoms with Gasteiger partial charge in [0.25, 0.3) is 0 Å². The van der Waals surface area contributed by atoms with Gasteiger partial charge in [0.05, 0.1) is 0 Å². The largest absolute Gasteiger partial charge is 0.488 e. The van der Waals surface area contributed by atoms with Crippen molar-refractivity contribution in [2.75, 3.05) is 0 Å². The molecule has 0 aliphatic rings. The van der Waals surface area contributed by atoms with Crippen LogP contribution >= 0.6 is 15.9 Å². The van der Waals surface area contributed by atoms with E-state index in [-0.39, 0.29) is 23.5 Å². The third-order valence-corrected chi connectivity index (χ3v) is 2.98. The first-order chi connectivity index (χ1) is 9.45. The Bertz CT molecular complexity index is 639. The van der Waals surface area contributed by atoms with E-state index in [1.807, 2.05) is 0 Å². The molecule has 0 aromatic heterocycles. The predicted octanol–water partition coefficient (Wildman–Crippen LogP) is 4.00. The summed E-state index contributed by atoms with van der Waals surface area (Å²) in [5.41, 5.74) is 0.248. The van der Waals surface area contributed by atoms with Crippen LogP contribution in [0.2, 0.25) is 0 Å². The number of carboxylic acid groups (broad SMARTS) is 1. The quantitative estimate of drug-likeness (QED) is 0.913. The molecule has 0 bridgehead atoms. The molecule has 0 heterocycles. The third kappa shape index (κ3) is 3.54. The molecule has 1 N–H and O–H groups in total. The molecule has 0 unspecified atom stereocenters. The molecular formula is C14H9BrF2O3. The average Bonchev–Trinajstić information content (AvgIpc) is 2.36. The Morgan fingerprint density at radius 2 is 1.80 bits per heavy atom. The van der Waals surface area contributed by atoms with Gasteiger partial charge in [-0.05, 0) is 35.9 Å². The zero-order valence-electron chi connectivity index (χ0n) is 10.1. The van der Waals surface area contributed by atoms with Gasteiger partial charge in [-0.3, -0.25) is 0 Å². The molecule has 0 amide bonds. The van der Waals surface area contributed by atoms with Crippen molar-refractivity contribution in [1.82, 2.24) is 0 Å². The normalized spacial score (nSPS) is 10.3. The van der Waals surface area contributed by atoms with Crippen molar-refractivity contribution in [1.29, 1.82) is 0 Å². The first-order valence-electron chi connectivity index (χ1n) is 5.56. The summed E-state index contributed by atoms with van der Waals surface area (Å²) in [6, 6.07) is 7.50. The van der Waals surface area contributed by atoms with E-state index < -0.39 is 17.6 Å². The minimum atomic E-state index is -1.15. The maximum absolute atomic E-state index is 13.0. The SMILES string of the molecule is O=C(O)c1cc(Br)ccc1OCc1cc(F)cc(F)c1. The summed E-state index contributed by atoms with van der Waals surface area (Å²) in [6.07, 6.45) is 0. The Labute approximate surface area is 121 Å². The van der Waals surface area contributed by atoms with Crippen LogP contribution in [-0.2, 0) is 6.61 Å². The van der Waals surface area contributed by atoms with Crippen LogP contribution in [0, 0.1) is 11.6 Å². The van der Waals surface area contributed by atoms with Crippen molar-refractivity contribution < 1.29 is 23.4 Å². The minimum Gasteiger partial charge on any atom is -0.488 e. The minimum absolute atomic E-state index is 0.0312. The zero-order chi connectivity index (χ0) is 14.7. The molecule has 0 aliphatic carbocycles. The van der Waals surface area contributed by atoms with E-state index in [0.717, 1.165) is 18.2 Å². The molecule has 3 nitrogen and oxygen atoms in total. The molecule has 0 saturated carbocycles. The van der Waals surface area contributed by atoms with Crippen LogP contribution in [0.15, 0.2) is 40.9 Å². The fourth-order valence-electron chi connectivity index (χ4n) is 1.65. The summed E-state index contributed by atoms with van der Waals surface area (Å²) < 4.78 is 31.9. The van der Waals surface area contributed by atoms with Crippen molar-refractivity contribution in [3.8, 4) is 5.75 Å². The van der Waals surface area contributed by atoms with Gasteiger partial charge < -0.3 is 9.84 Å². The van der Waals surface area contributed by atoms with Crippen molar-refractivity contribution >= 4 is 21.9 Å². The summed E-state index contributed by atoms with van der Waals surface area (Å²) in [5, 5.41) is 9.05. The fraction of sp³-hybridized carbons (Fsp3) is 0.0714. The Kier molecular flexibility index (Phi) is 4.34. The van der Waals surface area contributed by atoms with Crippen LogP contribution in [0.4, 0.5) is 8.78 Å². The molecule has 104 valence electrons. The second-order valence-corrected chi connectivity index (χ2v) is 4.93. The van der Waals surface area contributed by atoms with Crippen LogP contribution in [-0.4, -0.2) is 11.1 Å². The van der Waals surface area contributed by atoms with E-state index in [1.165, 1.54) is 12.1 Å². The van der Waals surface area contributed by atoms with Gasteiger partial charge in [0, 0.05) is 10.5 Å². The number of halogens is 3. The molecule has 2 rings (SSSR count). The summed E-state index contributed by atoms with van der Waals surface area (Å²) in [5.74, 6) is -2.44. The lowest BCUT2D eigenvalue weighted by Crippen LogP contribution is -2.04. The monoisotopic (exact) mass is 342 g/mol. The van der Waals surface area contributed by atoms with Gasteiger partial charge in [0.15, 0.2) is 0 Å². The van der Waals surface area contributed by atoms with Crippen LogP contribution in [0.5, 0.6) is 5.75 Å². The summed E-state index contributed by atoms with van der Waals surface area (Å²) in [7, 11) is 0. The number of rotatable bonds is 4. The fourth-order valence-corrected chi connectivity index (χ4v) is 2.01. The highest BCUT2D eigenvalue weighted by molar-refractivity contribution is 9.10. The van der Waals surface area contributed by atoms with Gasteiger partial charge in [-0.2, -0.15) is 0 Å². The van der Waals surface area contributed by atoms with Crippen molar-refractivity contribution in [3.63, 3.8) is 0 Å². The molecule has 2 aromatic carbocycles. The first-order valence-corrected chi connectivity index (χ1v) is 6.35. The van der Waals surface area contributed by atoms with Crippen LogP contribution in [0.25, 0.3) is 0 Å². The lowest BCUT2D eigenvalue weighted by atomic mass is 10.2. The van der Waals surface area contributed by atoms with Crippen molar-refractivity contribution in [3.05, 3.63) is 63.6 Å². The molecule has 0 spiro atoms. The number of carboxylic acids is 1. The number of aromatic carboxylic acids is 1. The summed E-state index contributed by atoms with van der Waals surface area (Å²) >= 11 is 3.16. The van der Waals surface area contributed by atoms with E-state index in [1.54, 1.807) is 6.07 Å². The average molecular weight is 343 g/mol. The van der Waals surface area contributed by atoms with Gasteiger partial charge in [-0.15, -0.1) is 0 Å². The summed E-state index contributed by atoms with van der Waals surface area (Å²) in [4.78, 5) is 11.1. The molecule has 0 fully saturated rings. The maximum Gasteiger partial charge on any atom is 0.339 e. The molecular weight excluding hydrogens is 334 g/mol. The molecule has 0 atom stereocenters. The van der Waals surface area contributed by atoms with Crippen LogP contribution < -0.4 is 4.74 Å². The van der Waals surface area contributed by atoms with Gasteiger partial charge in [-0.25, -0.2) is 13.6 Å². The molecule has 0 saturated heterocycles. The molecule has 0 radical (unpaired) electrons. The lowest BCUT2D eigenvalue weighted by Gasteiger charge is -2.10. The Balaban J connectivity index is 2.20. The molecule has 20 heavy (non-hydrogen) atoms. The molecule has 2 aromatic rings. The van der Waals surface area contributed by atoms with Gasteiger partial charge in [-0.1, -0.05) is 15.9 Å². The number of benzene rings is 2. The topological polar surface area (TPSA) is 46.5 Å². The van der Waals surface area contributed by atoms with E-state index in [9.17, 15) is 13.6 Å². The highest BCUT2D eigenvalue weighted by Gasteiger charge is 2.12. The van der Waals surface area contributed by atoms with E-state index in [2.05, 4.69) is 15.9 Å². The Morgan fingerprint density at radius 1 is 1.15 bits per heavy atom. The standard InChI is InChI=1S/C14H9BrF2O3/c15-9-1-2-13(12(5-9)14(18)19)20-7-8-3-10(16)6-11(17)4-8/h1-6H,7H2,(H,18,19). The Morgan fingerprint density at radius 3 is 2.40 bits per heavy atom. The second kappa shape index (κ2) is 6.00. The van der Waals surface area contributed by atoms with E-state index >= 15 is 0 Å². The number of ether oxygens (including phenoxy) is 1. The highest BCUT2D eigenvalue weighted by Crippen LogP contribution is 2.24. The predicted molar refractivity (Wildman–Crippen MR) is 71.8 cm³/mol. The number of hydrogen-bond acceptors (Lipinski definition) is 2. The van der Waals surface area contributed by atoms with Crippen LogP contribution in [0.3, 0.4) is 0 Å². The van der Waals surface area contributed by atoms with Gasteiger partial charge in [0.1, 0.15) is 29.6 Å². The number of hydrogen-bond donors (Lipinski definition) is 1. The van der Waals surface area contributed by atoms with E-state index in [4.69, 9.17) is 9.84 Å². The zero-order valence-corrected chi connectivity index (χ0v) is 11.7. The highest BCUT2D eigenvalue weighted by atomic mass is 79.9. The van der Waals surface area contributed by atoms with Gasteiger partial charge in [0.2, 0.25) is 0 Å². The lowest BCUT2D eigenvalue weighted by molar-refractivity contribution is 0.0691. The third-order valence-electron chi connectivity index (χ3n) is 2.49. The first kappa shape index (κ1) is 14.5.